The minimum Gasteiger partial charge on any atom is -0.355 e. The van der Waals surface area contributed by atoms with Crippen LogP contribution in [0.5, 0.6) is 0 Å². The van der Waals surface area contributed by atoms with Crippen molar-refractivity contribution in [2.24, 2.45) is 5.41 Å². The Balaban J connectivity index is 0.00000324. The van der Waals surface area contributed by atoms with Crippen molar-refractivity contribution in [1.29, 1.82) is 0 Å². The van der Waals surface area contributed by atoms with Gasteiger partial charge in [0.05, 0.1) is 22.9 Å². The molecule has 0 bridgehead atoms. The van der Waals surface area contributed by atoms with Crippen LogP contribution >= 0.6 is 0 Å². The number of aryl methyl sites for hydroxylation is 1. The molecule has 9 heteroatoms. The van der Waals surface area contributed by atoms with Crippen LogP contribution in [0.25, 0.3) is 0 Å². The Morgan fingerprint density at radius 3 is 2.38 bits per heavy atom. The predicted molar refractivity (Wildman–Crippen MR) is 122 cm³/mol. The summed E-state index contributed by atoms with van der Waals surface area (Å²) in [6, 6.07) is 12.4. The third kappa shape index (κ3) is 5.65. The fraction of sp³-hybridized carbons (Fsp3) is 0.320. The van der Waals surface area contributed by atoms with Crippen LogP contribution in [-0.4, -0.2) is 16.8 Å². The van der Waals surface area contributed by atoms with Crippen LogP contribution in [0.1, 0.15) is 53.9 Å². The first-order chi connectivity index (χ1) is 15.7. The van der Waals surface area contributed by atoms with Gasteiger partial charge in [-0.2, -0.15) is 13.2 Å². The van der Waals surface area contributed by atoms with E-state index in [1.54, 1.807) is 37.3 Å². The topological polar surface area (TPSA) is 84.2 Å². The molecular formula is C25H26F3N3O3. The zero-order valence-corrected chi connectivity index (χ0v) is 17.8. The summed E-state index contributed by atoms with van der Waals surface area (Å²) in [5.41, 5.74) is 0.330. The molecule has 0 saturated heterocycles. The number of carbonyl (C=O) groups is 2. The summed E-state index contributed by atoms with van der Waals surface area (Å²) in [5.74, 6) is -0.323. The average molecular weight is 473 g/mol. The van der Waals surface area contributed by atoms with Crippen LogP contribution in [0, 0.1) is 12.3 Å². The molecule has 1 fully saturated rings. The molecule has 34 heavy (non-hydrogen) atoms. The van der Waals surface area contributed by atoms with Crippen molar-refractivity contribution in [3.8, 4) is 0 Å². The van der Waals surface area contributed by atoms with Crippen molar-refractivity contribution in [1.82, 2.24) is 10.5 Å². The van der Waals surface area contributed by atoms with E-state index in [1.165, 1.54) is 18.3 Å². The molecule has 6 nitrogen and oxygen atoms in total. The number of hydrogen-bond acceptors (Lipinski definition) is 5. The minimum absolute atomic E-state index is 0. The number of hydrogen-bond donors (Lipinski definition) is 2. The van der Waals surface area contributed by atoms with Gasteiger partial charge in [-0.3, -0.25) is 9.59 Å². The first-order valence-corrected chi connectivity index (χ1v) is 10.4. The van der Waals surface area contributed by atoms with Gasteiger partial charge in [0.25, 0.3) is 0 Å². The summed E-state index contributed by atoms with van der Waals surface area (Å²) in [7, 11) is 0. The summed E-state index contributed by atoms with van der Waals surface area (Å²) in [6.07, 6.45) is -1.77. The predicted octanol–water partition coefficient (Wildman–Crippen LogP) is 6.05. The number of aromatic nitrogens is 1. The van der Waals surface area contributed by atoms with Crippen LogP contribution in [0.3, 0.4) is 0 Å². The summed E-state index contributed by atoms with van der Waals surface area (Å²) >= 11 is 0. The van der Waals surface area contributed by atoms with Crippen molar-refractivity contribution in [2.45, 2.75) is 46.3 Å². The number of benzene rings is 2. The smallest absolute Gasteiger partial charge is 0.355 e. The van der Waals surface area contributed by atoms with Gasteiger partial charge >= 0.3 is 6.18 Å². The molecule has 0 atom stereocenters. The van der Waals surface area contributed by atoms with Crippen molar-refractivity contribution in [3.05, 3.63) is 77.2 Å². The lowest BCUT2D eigenvalue weighted by molar-refractivity contribution is -0.137. The van der Waals surface area contributed by atoms with E-state index in [4.69, 9.17) is 4.52 Å². The number of anilines is 2. The van der Waals surface area contributed by atoms with Crippen LogP contribution in [-0.2, 0) is 17.5 Å². The Labute approximate surface area is 195 Å². The van der Waals surface area contributed by atoms with Gasteiger partial charge in [-0.15, -0.1) is 0 Å². The van der Waals surface area contributed by atoms with Gasteiger partial charge in [-0.1, -0.05) is 36.3 Å². The Bertz CT molecular complexity index is 1150. The second-order valence-electron chi connectivity index (χ2n) is 8.31. The van der Waals surface area contributed by atoms with Crippen LogP contribution in [0.4, 0.5) is 24.5 Å². The highest BCUT2D eigenvalue weighted by Crippen LogP contribution is 2.49. The second-order valence-corrected chi connectivity index (χ2v) is 8.31. The summed E-state index contributed by atoms with van der Waals surface area (Å²) in [5, 5.41) is 9.17. The quantitative estimate of drug-likeness (QED) is 0.389. The molecular weight excluding hydrogens is 447 g/mol. The SMILES string of the molecule is C.Cc1ccc(Nc2ccc(CNC(=O)C3(CC(=O)c4ccno4)CC3)cc2)c(C(F)(F)F)c1. The van der Waals surface area contributed by atoms with Gasteiger partial charge in [0.1, 0.15) is 0 Å². The van der Waals surface area contributed by atoms with Crippen LogP contribution in [0.2, 0.25) is 0 Å². The van der Waals surface area contributed by atoms with Crippen molar-refractivity contribution in [2.75, 3.05) is 5.32 Å². The molecule has 1 saturated carbocycles. The van der Waals surface area contributed by atoms with Crippen LogP contribution < -0.4 is 10.6 Å². The van der Waals surface area contributed by atoms with Crippen molar-refractivity contribution >= 4 is 23.1 Å². The maximum absolute atomic E-state index is 13.3. The third-order valence-electron chi connectivity index (χ3n) is 5.71. The second kappa shape index (κ2) is 9.70. The number of amides is 1. The number of nitrogens with zero attached hydrogens (tertiary/aromatic N) is 1. The molecule has 3 aromatic rings. The first-order valence-electron chi connectivity index (χ1n) is 10.4. The number of alkyl halides is 3. The Morgan fingerprint density at radius 1 is 1.09 bits per heavy atom. The van der Waals surface area contributed by atoms with Gasteiger partial charge in [0, 0.05) is 24.7 Å². The number of nitrogens with one attached hydrogen (secondary N) is 2. The highest BCUT2D eigenvalue weighted by Gasteiger charge is 2.51. The molecule has 1 aliphatic rings. The van der Waals surface area contributed by atoms with E-state index in [9.17, 15) is 22.8 Å². The number of rotatable bonds is 8. The Kier molecular flexibility index (Phi) is 7.14. The third-order valence-corrected chi connectivity index (χ3v) is 5.71. The number of ketones is 1. The largest absolute Gasteiger partial charge is 0.418 e. The maximum atomic E-state index is 13.3. The van der Waals surface area contributed by atoms with E-state index >= 15 is 0 Å². The molecule has 1 aromatic heterocycles. The van der Waals surface area contributed by atoms with Crippen LogP contribution in [0.15, 0.2) is 59.3 Å². The van der Waals surface area contributed by atoms with Gasteiger partial charge in [0.15, 0.2) is 0 Å². The summed E-state index contributed by atoms with van der Waals surface area (Å²) in [4.78, 5) is 24.9. The van der Waals surface area contributed by atoms with E-state index in [0.29, 0.717) is 24.1 Å². The molecule has 180 valence electrons. The maximum Gasteiger partial charge on any atom is 0.418 e. The lowest BCUT2D eigenvalue weighted by Gasteiger charge is -2.16. The molecule has 0 spiro atoms. The van der Waals surface area contributed by atoms with E-state index in [2.05, 4.69) is 15.8 Å². The number of halogens is 3. The first kappa shape index (κ1) is 25.0. The summed E-state index contributed by atoms with van der Waals surface area (Å²) in [6.45, 7) is 1.85. The molecule has 0 radical (unpaired) electrons. The lowest BCUT2D eigenvalue weighted by Crippen LogP contribution is -2.33. The van der Waals surface area contributed by atoms with Gasteiger partial charge in [-0.05, 0) is 49.6 Å². The summed E-state index contributed by atoms with van der Waals surface area (Å²) < 4.78 is 44.8. The van der Waals surface area contributed by atoms with E-state index < -0.39 is 17.2 Å². The van der Waals surface area contributed by atoms with E-state index in [1.807, 2.05) is 0 Å². The van der Waals surface area contributed by atoms with Gasteiger partial charge < -0.3 is 15.2 Å². The standard InChI is InChI=1S/C24H22F3N3O3.CH4/c1-15-2-7-19(18(12-15)24(25,26)27)30-17-5-3-16(4-6-17)14-28-22(32)23(9-10-23)13-20(31)21-8-11-29-33-21;/h2-8,11-12,30H,9-10,13-14H2,1H3,(H,28,32);1H4. The van der Waals surface area contributed by atoms with Gasteiger partial charge in [0.2, 0.25) is 17.5 Å². The Hall–Kier alpha value is -3.62. The molecule has 1 amide bonds. The molecule has 1 aliphatic carbocycles. The van der Waals surface area contributed by atoms with Gasteiger partial charge in [-0.25, -0.2) is 0 Å². The van der Waals surface area contributed by atoms with E-state index in [0.717, 1.165) is 11.6 Å². The molecule has 4 rings (SSSR count). The Morgan fingerprint density at radius 2 is 1.79 bits per heavy atom. The average Bonchev–Trinajstić information content (AvgIpc) is 3.33. The lowest BCUT2D eigenvalue weighted by atomic mass is 9.97. The zero-order chi connectivity index (χ0) is 23.6. The molecule has 1 heterocycles. The number of Topliss-reactive ketones (excluding diaryl/α,β-unsaturated/α-hetero) is 1. The fourth-order valence-electron chi connectivity index (χ4n) is 3.62. The van der Waals surface area contributed by atoms with Crippen molar-refractivity contribution in [3.63, 3.8) is 0 Å². The molecule has 2 aromatic carbocycles. The van der Waals surface area contributed by atoms with E-state index in [-0.39, 0.29) is 43.5 Å². The molecule has 0 aliphatic heterocycles. The fourth-order valence-corrected chi connectivity index (χ4v) is 3.62. The zero-order valence-electron chi connectivity index (χ0n) is 17.8. The molecule has 2 N–H and O–H groups in total. The molecule has 0 unspecified atom stereocenters. The highest BCUT2D eigenvalue weighted by atomic mass is 19.4. The normalized spacial score (nSPS) is 14.1. The monoisotopic (exact) mass is 473 g/mol. The number of carbonyl (C=O) groups excluding carboxylic acids is 2. The van der Waals surface area contributed by atoms with Crippen molar-refractivity contribution < 1.29 is 27.3 Å². The minimum atomic E-state index is -4.47. The highest BCUT2D eigenvalue weighted by molar-refractivity contribution is 5.98.